The molecule has 1 heterocycles. The summed E-state index contributed by atoms with van der Waals surface area (Å²) in [5.74, 6) is -2.05. The number of amides is 2. The Morgan fingerprint density at radius 3 is 2.71 bits per heavy atom. The Hall–Kier alpha value is -2.37. The maximum absolute atomic E-state index is 12.1. The van der Waals surface area contributed by atoms with Crippen LogP contribution in [0.3, 0.4) is 0 Å². The van der Waals surface area contributed by atoms with E-state index >= 15 is 0 Å². The number of rotatable bonds is 5. The quantitative estimate of drug-likeness (QED) is 0.761. The monoisotopic (exact) mass is 290 g/mol. The molecule has 1 aromatic rings. The first-order valence-electron chi connectivity index (χ1n) is 6.82. The van der Waals surface area contributed by atoms with E-state index in [4.69, 9.17) is 5.11 Å². The molecule has 0 aromatic heterocycles. The summed E-state index contributed by atoms with van der Waals surface area (Å²) in [5.41, 5.74) is 1.91. The lowest BCUT2D eigenvalue weighted by molar-refractivity contribution is -0.142. The molecule has 21 heavy (non-hydrogen) atoms. The topological polar surface area (TPSA) is 95.5 Å². The highest BCUT2D eigenvalue weighted by atomic mass is 16.4. The van der Waals surface area contributed by atoms with E-state index in [-0.39, 0.29) is 24.3 Å². The lowest BCUT2D eigenvalue weighted by Gasteiger charge is -2.16. The van der Waals surface area contributed by atoms with Crippen molar-refractivity contribution >= 4 is 23.5 Å². The molecular weight excluding hydrogens is 272 g/mol. The lowest BCUT2D eigenvalue weighted by atomic mass is 9.96. The molecular formula is C15H18N2O4. The number of carbonyl (C=O) groups is 3. The third-order valence-electron chi connectivity index (χ3n) is 3.60. The number of benzene rings is 1. The standard InChI is InChI=1S/C15H18N2O4/c1-8(2)11(15(20)21)7-16-14(19)10-4-3-9-6-13(18)17-12(9)5-10/h3-5,8,11H,6-7H2,1-2H3,(H,16,19)(H,17,18)(H,20,21). The SMILES string of the molecule is CC(C)C(CNC(=O)c1ccc2c(c1)NC(=O)C2)C(=O)O. The fraction of sp³-hybridized carbons (Fsp3) is 0.400. The third kappa shape index (κ3) is 3.39. The molecule has 0 aliphatic carbocycles. The fourth-order valence-electron chi connectivity index (χ4n) is 2.27. The lowest BCUT2D eigenvalue weighted by Crippen LogP contribution is -2.35. The van der Waals surface area contributed by atoms with Gasteiger partial charge >= 0.3 is 5.97 Å². The van der Waals surface area contributed by atoms with Gasteiger partial charge in [0.05, 0.1) is 12.3 Å². The minimum atomic E-state index is -0.925. The van der Waals surface area contributed by atoms with Gasteiger partial charge in [-0.05, 0) is 23.6 Å². The highest BCUT2D eigenvalue weighted by Gasteiger charge is 2.23. The highest BCUT2D eigenvalue weighted by Crippen LogP contribution is 2.24. The normalized spacial score (nSPS) is 14.5. The average molecular weight is 290 g/mol. The van der Waals surface area contributed by atoms with Crippen LogP contribution in [0.4, 0.5) is 5.69 Å². The Bertz CT molecular complexity index is 595. The van der Waals surface area contributed by atoms with E-state index in [1.54, 1.807) is 32.0 Å². The highest BCUT2D eigenvalue weighted by molar-refractivity contribution is 6.02. The van der Waals surface area contributed by atoms with E-state index in [1.807, 2.05) is 0 Å². The Balaban J connectivity index is 2.03. The molecule has 1 aromatic carbocycles. The number of fused-ring (bicyclic) bond motifs is 1. The van der Waals surface area contributed by atoms with Gasteiger partial charge in [-0.2, -0.15) is 0 Å². The van der Waals surface area contributed by atoms with Crippen LogP contribution in [-0.4, -0.2) is 29.4 Å². The second-order valence-corrected chi connectivity index (χ2v) is 5.50. The summed E-state index contributed by atoms with van der Waals surface area (Å²) in [4.78, 5) is 34.4. The minimum Gasteiger partial charge on any atom is -0.481 e. The van der Waals surface area contributed by atoms with E-state index in [0.29, 0.717) is 17.7 Å². The molecule has 0 bridgehead atoms. The number of carboxylic acids is 1. The van der Waals surface area contributed by atoms with Gasteiger partial charge < -0.3 is 15.7 Å². The molecule has 0 radical (unpaired) electrons. The summed E-state index contributed by atoms with van der Waals surface area (Å²) in [6.45, 7) is 3.68. The van der Waals surface area contributed by atoms with Gasteiger partial charge in [0.25, 0.3) is 5.91 Å². The van der Waals surface area contributed by atoms with Crippen LogP contribution in [0.5, 0.6) is 0 Å². The van der Waals surface area contributed by atoms with Crippen LogP contribution >= 0.6 is 0 Å². The Morgan fingerprint density at radius 2 is 2.10 bits per heavy atom. The Kier molecular flexibility index (Phi) is 4.26. The van der Waals surface area contributed by atoms with Crippen molar-refractivity contribution in [2.75, 3.05) is 11.9 Å². The zero-order valence-electron chi connectivity index (χ0n) is 12.0. The Morgan fingerprint density at radius 1 is 1.38 bits per heavy atom. The second kappa shape index (κ2) is 5.95. The molecule has 2 amide bonds. The molecule has 112 valence electrons. The van der Waals surface area contributed by atoms with Crippen LogP contribution < -0.4 is 10.6 Å². The van der Waals surface area contributed by atoms with Gasteiger partial charge in [0.15, 0.2) is 0 Å². The predicted molar refractivity (Wildman–Crippen MR) is 77.1 cm³/mol. The summed E-state index contributed by atoms with van der Waals surface area (Å²) in [5, 5.41) is 14.4. The van der Waals surface area contributed by atoms with Crippen LogP contribution in [0.1, 0.15) is 29.8 Å². The Labute approximate surface area is 122 Å². The number of carboxylic acid groups (broad SMARTS) is 1. The van der Waals surface area contributed by atoms with Crippen molar-refractivity contribution in [3.63, 3.8) is 0 Å². The van der Waals surface area contributed by atoms with Crippen molar-refractivity contribution in [3.05, 3.63) is 29.3 Å². The van der Waals surface area contributed by atoms with E-state index in [9.17, 15) is 14.4 Å². The molecule has 0 saturated heterocycles. The molecule has 1 atom stereocenters. The number of hydrogen-bond acceptors (Lipinski definition) is 3. The molecule has 2 rings (SSSR count). The van der Waals surface area contributed by atoms with E-state index in [2.05, 4.69) is 10.6 Å². The molecule has 6 heteroatoms. The number of aliphatic carboxylic acids is 1. The van der Waals surface area contributed by atoms with Crippen molar-refractivity contribution in [1.29, 1.82) is 0 Å². The molecule has 0 spiro atoms. The van der Waals surface area contributed by atoms with Crippen LogP contribution in [-0.2, 0) is 16.0 Å². The molecule has 1 unspecified atom stereocenters. The summed E-state index contributed by atoms with van der Waals surface area (Å²) in [6, 6.07) is 4.99. The van der Waals surface area contributed by atoms with Crippen molar-refractivity contribution in [2.24, 2.45) is 11.8 Å². The van der Waals surface area contributed by atoms with E-state index in [0.717, 1.165) is 5.56 Å². The first kappa shape index (κ1) is 15.0. The maximum Gasteiger partial charge on any atom is 0.308 e. The summed E-state index contributed by atoms with van der Waals surface area (Å²) in [6.07, 6.45) is 0.325. The molecule has 3 N–H and O–H groups in total. The minimum absolute atomic E-state index is 0.0675. The van der Waals surface area contributed by atoms with Gasteiger partial charge in [0.1, 0.15) is 0 Å². The van der Waals surface area contributed by atoms with Crippen LogP contribution in [0.2, 0.25) is 0 Å². The zero-order chi connectivity index (χ0) is 15.6. The van der Waals surface area contributed by atoms with Gasteiger partial charge in [0.2, 0.25) is 5.91 Å². The van der Waals surface area contributed by atoms with E-state index < -0.39 is 11.9 Å². The average Bonchev–Trinajstić information content (AvgIpc) is 2.76. The first-order valence-corrected chi connectivity index (χ1v) is 6.82. The summed E-state index contributed by atoms with van der Waals surface area (Å²) < 4.78 is 0. The van der Waals surface area contributed by atoms with Crippen molar-refractivity contribution in [2.45, 2.75) is 20.3 Å². The number of nitrogens with one attached hydrogen (secondary N) is 2. The summed E-state index contributed by atoms with van der Waals surface area (Å²) in [7, 11) is 0. The zero-order valence-corrected chi connectivity index (χ0v) is 12.0. The molecule has 1 aliphatic heterocycles. The number of hydrogen-bond donors (Lipinski definition) is 3. The first-order chi connectivity index (χ1) is 9.88. The molecule has 0 saturated carbocycles. The smallest absolute Gasteiger partial charge is 0.308 e. The van der Waals surface area contributed by atoms with Gasteiger partial charge in [-0.15, -0.1) is 0 Å². The van der Waals surface area contributed by atoms with E-state index in [1.165, 1.54) is 0 Å². The maximum atomic E-state index is 12.1. The molecule has 1 aliphatic rings. The van der Waals surface area contributed by atoms with Crippen LogP contribution in [0.25, 0.3) is 0 Å². The third-order valence-corrected chi connectivity index (χ3v) is 3.60. The van der Waals surface area contributed by atoms with Gasteiger partial charge in [-0.1, -0.05) is 19.9 Å². The van der Waals surface area contributed by atoms with Gasteiger partial charge in [-0.25, -0.2) is 0 Å². The number of anilines is 1. The van der Waals surface area contributed by atoms with Crippen molar-refractivity contribution in [1.82, 2.24) is 5.32 Å². The largest absolute Gasteiger partial charge is 0.481 e. The van der Waals surface area contributed by atoms with Crippen molar-refractivity contribution in [3.8, 4) is 0 Å². The van der Waals surface area contributed by atoms with Gasteiger partial charge in [0, 0.05) is 17.8 Å². The second-order valence-electron chi connectivity index (χ2n) is 5.50. The van der Waals surface area contributed by atoms with Crippen LogP contribution in [0, 0.1) is 11.8 Å². The van der Waals surface area contributed by atoms with Crippen LogP contribution in [0.15, 0.2) is 18.2 Å². The summed E-state index contributed by atoms with van der Waals surface area (Å²) >= 11 is 0. The predicted octanol–water partition coefficient (Wildman–Crippen LogP) is 1.27. The van der Waals surface area contributed by atoms with Crippen molar-refractivity contribution < 1.29 is 19.5 Å². The number of carbonyl (C=O) groups excluding carboxylic acids is 2. The molecule has 0 fully saturated rings. The fourth-order valence-corrected chi connectivity index (χ4v) is 2.27. The molecule has 6 nitrogen and oxygen atoms in total. The van der Waals surface area contributed by atoms with Gasteiger partial charge in [-0.3, -0.25) is 14.4 Å².